The Hall–Kier alpha value is -2.94. The van der Waals surface area contributed by atoms with Gasteiger partial charge in [0, 0.05) is 28.7 Å². The standard InChI is InChI=1S/C22H20Cl2FN5O2/c23-17-4-3-16(19(24)11-17)14-32-18-5-1-15(2-6-18)12-27-29-22-26-13-20(25)21(28-22)30-7-9-31-10-8-30/h1-6,11-13H,7-10,14H2,(H,26,28,29)/b27-12+. The average molecular weight is 476 g/mol. The Bertz CT molecular complexity index is 1090. The number of nitrogens with zero attached hydrogens (tertiary/aromatic N) is 4. The van der Waals surface area contributed by atoms with Gasteiger partial charge in [0.05, 0.1) is 25.6 Å². The highest BCUT2D eigenvalue weighted by molar-refractivity contribution is 6.35. The van der Waals surface area contributed by atoms with Crippen LogP contribution >= 0.6 is 23.2 Å². The van der Waals surface area contributed by atoms with E-state index in [0.717, 1.165) is 17.3 Å². The lowest BCUT2D eigenvalue weighted by Crippen LogP contribution is -2.37. The van der Waals surface area contributed by atoms with Crippen molar-refractivity contribution in [3.8, 4) is 5.75 Å². The van der Waals surface area contributed by atoms with Gasteiger partial charge in [-0.15, -0.1) is 0 Å². The summed E-state index contributed by atoms with van der Waals surface area (Å²) in [4.78, 5) is 9.99. The van der Waals surface area contributed by atoms with Crippen molar-refractivity contribution in [1.29, 1.82) is 0 Å². The first-order valence-corrected chi connectivity index (χ1v) is 10.7. The molecule has 1 aliphatic rings. The second-order valence-electron chi connectivity index (χ2n) is 6.93. The second kappa shape index (κ2) is 10.6. The zero-order valence-corrected chi connectivity index (χ0v) is 18.5. The summed E-state index contributed by atoms with van der Waals surface area (Å²) < 4.78 is 25.2. The fourth-order valence-corrected chi connectivity index (χ4v) is 3.49. The molecule has 4 rings (SSSR count). The van der Waals surface area contributed by atoms with E-state index >= 15 is 0 Å². The van der Waals surface area contributed by atoms with E-state index in [1.54, 1.807) is 18.3 Å². The Morgan fingerprint density at radius 2 is 1.94 bits per heavy atom. The molecule has 1 saturated heterocycles. The van der Waals surface area contributed by atoms with Crippen LogP contribution < -0.4 is 15.1 Å². The van der Waals surface area contributed by atoms with E-state index in [4.69, 9.17) is 32.7 Å². The summed E-state index contributed by atoms with van der Waals surface area (Å²) >= 11 is 12.1. The van der Waals surface area contributed by atoms with Crippen molar-refractivity contribution in [3.05, 3.63) is 75.7 Å². The fraction of sp³-hybridized carbons (Fsp3) is 0.227. The molecular weight excluding hydrogens is 456 g/mol. The molecule has 1 aromatic heterocycles. The maximum Gasteiger partial charge on any atom is 0.245 e. The van der Waals surface area contributed by atoms with Crippen LogP contribution in [0.1, 0.15) is 11.1 Å². The van der Waals surface area contributed by atoms with E-state index in [1.165, 1.54) is 0 Å². The summed E-state index contributed by atoms with van der Waals surface area (Å²) in [7, 11) is 0. The largest absolute Gasteiger partial charge is 0.489 e. The van der Waals surface area contributed by atoms with Crippen molar-refractivity contribution < 1.29 is 13.9 Å². The summed E-state index contributed by atoms with van der Waals surface area (Å²) in [5.41, 5.74) is 4.42. The summed E-state index contributed by atoms with van der Waals surface area (Å²) in [6.07, 6.45) is 2.75. The van der Waals surface area contributed by atoms with Gasteiger partial charge in [0.15, 0.2) is 11.6 Å². The molecule has 1 N–H and O–H groups in total. The SMILES string of the molecule is Fc1cnc(N/N=C/c2ccc(OCc3ccc(Cl)cc3Cl)cc2)nc1N1CCOCC1. The van der Waals surface area contributed by atoms with Crippen LogP contribution in [0.2, 0.25) is 10.0 Å². The van der Waals surface area contributed by atoms with Crippen molar-refractivity contribution in [2.45, 2.75) is 6.61 Å². The van der Waals surface area contributed by atoms with Crippen LogP contribution in [0.5, 0.6) is 5.75 Å². The topological polar surface area (TPSA) is 71.9 Å². The monoisotopic (exact) mass is 475 g/mol. The second-order valence-corrected chi connectivity index (χ2v) is 7.77. The Morgan fingerprint density at radius 1 is 1.16 bits per heavy atom. The molecule has 0 aliphatic carbocycles. The molecule has 0 amide bonds. The van der Waals surface area contributed by atoms with Crippen molar-refractivity contribution in [1.82, 2.24) is 9.97 Å². The Morgan fingerprint density at radius 3 is 2.69 bits per heavy atom. The summed E-state index contributed by atoms with van der Waals surface area (Å²) in [5.74, 6) is 0.669. The summed E-state index contributed by atoms with van der Waals surface area (Å²) in [6, 6.07) is 12.7. The van der Waals surface area contributed by atoms with Gasteiger partial charge in [0.2, 0.25) is 5.95 Å². The fourth-order valence-electron chi connectivity index (χ4n) is 3.02. The van der Waals surface area contributed by atoms with Crippen molar-refractivity contribution in [2.75, 3.05) is 36.6 Å². The van der Waals surface area contributed by atoms with E-state index in [-0.39, 0.29) is 11.8 Å². The lowest BCUT2D eigenvalue weighted by molar-refractivity contribution is 0.122. The van der Waals surface area contributed by atoms with Crippen LogP contribution in [0.4, 0.5) is 16.2 Å². The molecule has 0 saturated carbocycles. The van der Waals surface area contributed by atoms with Crippen molar-refractivity contribution in [2.24, 2.45) is 5.10 Å². The van der Waals surface area contributed by atoms with Gasteiger partial charge in [-0.25, -0.2) is 14.8 Å². The molecule has 32 heavy (non-hydrogen) atoms. The Labute approximate surface area is 194 Å². The molecular formula is C22H20Cl2FN5O2. The Kier molecular flexibility index (Phi) is 7.36. The first-order chi connectivity index (χ1) is 15.6. The number of benzene rings is 2. The molecule has 0 unspecified atom stereocenters. The van der Waals surface area contributed by atoms with E-state index in [9.17, 15) is 4.39 Å². The first kappa shape index (κ1) is 22.3. The minimum Gasteiger partial charge on any atom is -0.489 e. The summed E-state index contributed by atoms with van der Waals surface area (Å²) in [5, 5.41) is 5.28. The van der Waals surface area contributed by atoms with Gasteiger partial charge >= 0.3 is 0 Å². The highest BCUT2D eigenvalue weighted by atomic mass is 35.5. The molecule has 0 bridgehead atoms. The van der Waals surface area contributed by atoms with E-state index in [0.29, 0.717) is 48.7 Å². The smallest absolute Gasteiger partial charge is 0.245 e. The number of halogens is 3. The van der Waals surface area contributed by atoms with Gasteiger partial charge < -0.3 is 14.4 Å². The zero-order valence-electron chi connectivity index (χ0n) is 17.0. The van der Waals surface area contributed by atoms with Gasteiger partial charge in [-0.05, 0) is 42.0 Å². The molecule has 3 aromatic rings. The molecule has 0 spiro atoms. The highest BCUT2D eigenvalue weighted by Crippen LogP contribution is 2.23. The zero-order chi connectivity index (χ0) is 22.3. The minimum absolute atomic E-state index is 0.212. The average Bonchev–Trinajstić information content (AvgIpc) is 2.81. The lowest BCUT2D eigenvalue weighted by atomic mass is 10.2. The maximum atomic E-state index is 14.1. The number of morpholine rings is 1. The molecule has 0 atom stereocenters. The molecule has 2 aromatic carbocycles. The summed E-state index contributed by atoms with van der Waals surface area (Å²) in [6.45, 7) is 2.57. The normalized spacial score (nSPS) is 14.0. The predicted molar refractivity (Wildman–Crippen MR) is 123 cm³/mol. The number of hydrogen-bond donors (Lipinski definition) is 1. The maximum absolute atomic E-state index is 14.1. The molecule has 166 valence electrons. The van der Waals surface area contributed by atoms with E-state index in [1.807, 2.05) is 35.2 Å². The number of rotatable bonds is 7. The van der Waals surface area contributed by atoms with Gasteiger partial charge in [-0.1, -0.05) is 29.3 Å². The molecule has 1 aliphatic heterocycles. The number of aromatic nitrogens is 2. The van der Waals surface area contributed by atoms with E-state index in [2.05, 4.69) is 20.5 Å². The van der Waals surface area contributed by atoms with Crippen LogP contribution in [-0.4, -0.2) is 42.5 Å². The molecule has 10 heteroatoms. The predicted octanol–water partition coefficient (Wildman–Crippen LogP) is 4.78. The van der Waals surface area contributed by atoms with Crippen LogP contribution in [0.3, 0.4) is 0 Å². The van der Waals surface area contributed by atoms with Crippen LogP contribution in [0.15, 0.2) is 53.8 Å². The quantitative estimate of drug-likeness (QED) is 0.391. The molecule has 0 radical (unpaired) electrons. The number of hydrazone groups is 1. The molecule has 2 heterocycles. The third-order valence-corrected chi connectivity index (χ3v) is 5.29. The first-order valence-electron chi connectivity index (χ1n) is 9.89. The van der Waals surface area contributed by atoms with Gasteiger partial charge in [0.25, 0.3) is 0 Å². The van der Waals surface area contributed by atoms with Crippen molar-refractivity contribution in [3.63, 3.8) is 0 Å². The number of nitrogens with one attached hydrogen (secondary N) is 1. The van der Waals surface area contributed by atoms with Gasteiger partial charge in [0.1, 0.15) is 12.4 Å². The number of ether oxygens (including phenoxy) is 2. The number of anilines is 2. The third-order valence-electron chi connectivity index (χ3n) is 4.70. The molecule has 7 nitrogen and oxygen atoms in total. The highest BCUT2D eigenvalue weighted by Gasteiger charge is 2.17. The minimum atomic E-state index is -0.475. The lowest BCUT2D eigenvalue weighted by Gasteiger charge is -2.27. The van der Waals surface area contributed by atoms with Gasteiger partial charge in [-0.2, -0.15) is 10.1 Å². The van der Waals surface area contributed by atoms with Crippen molar-refractivity contribution >= 4 is 41.2 Å². The van der Waals surface area contributed by atoms with Crippen LogP contribution in [0.25, 0.3) is 0 Å². The van der Waals surface area contributed by atoms with Gasteiger partial charge in [-0.3, -0.25) is 0 Å². The van der Waals surface area contributed by atoms with E-state index < -0.39 is 5.82 Å². The van der Waals surface area contributed by atoms with Crippen LogP contribution in [0, 0.1) is 5.82 Å². The molecule has 1 fully saturated rings. The number of hydrogen-bond acceptors (Lipinski definition) is 7. The van der Waals surface area contributed by atoms with Crippen LogP contribution in [-0.2, 0) is 11.3 Å². The third kappa shape index (κ3) is 5.85. The Balaban J connectivity index is 1.33.